The van der Waals surface area contributed by atoms with E-state index in [1.54, 1.807) is 29.9 Å². The van der Waals surface area contributed by atoms with Gasteiger partial charge in [-0.05, 0) is 10.8 Å². The van der Waals surface area contributed by atoms with Crippen LogP contribution >= 0.6 is 9.93 Å². The van der Waals surface area contributed by atoms with E-state index in [4.69, 9.17) is 0 Å². The Morgan fingerprint density at radius 2 is 1.91 bits per heavy atom. The van der Waals surface area contributed by atoms with Crippen molar-refractivity contribution in [2.24, 2.45) is 0 Å². The van der Waals surface area contributed by atoms with Crippen LogP contribution in [0.2, 0.25) is 0 Å². The maximum absolute atomic E-state index is 11.2. The third-order valence-corrected chi connectivity index (χ3v) is 6.10. The van der Waals surface area contributed by atoms with Gasteiger partial charge in [0.05, 0.1) is 0 Å². The van der Waals surface area contributed by atoms with Gasteiger partial charge in [0.25, 0.3) is 9.06 Å². The van der Waals surface area contributed by atoms with Gasteiger partial charge >= 0.3 is 0 Å². The number of hydrogen-bond donors (Lipinski definition) is 2. The van der Waals surface area contributed by atoms with Crippen LogP contribution in [0.3, 0.4) is 0 Å². The molecule has 0 radical (unpaired) electrons. The van der Waals surface area contributed by atoms with Crippen molar-refractivity contribution < 1.29 is 8.42 Å². The van der Waals surface area contributed by atoms with Gasteiger partial charge < -0.3 is 0 Å². The van der Waals surface area contributed by atoms with Crippen molar-refractivity contribution in [3.05, 3.63) is 23.0 Å². The van der Waals surface area contributed by atoms with E-state index < -0.39 is 19.0 Å². The molecule has 0 aromatic heterocycles. The molecule has 1 aliphatic rings. The predicted octanol–water partition coefficient (Wildman–Crippen LogP) is 0.883. The highest BCUT2D eigenvalue weighted by Gasteiger charge is 2.15. The van der Waals surface area contributed by atoms with Crippen molar-refractivity contribution in [3.63, 3.8) is 0 Å². The molecule has 1 aliphatic heterocycles. The second kappa shape index (κ2) is 3.42. The minimum absolute atomic E-state index is 0.461. The van der Waals surface area contributed by atoms with Crippen molar-refractivity contribution in [2.45, 2.75) is 6.92 Å². The third kappa shape index (κ3) is 2.08. The van der Waals surface area contributed by atoms with E-state index in [0.29, 0.717) is 6.54 Å². The van der Waals surface area contributed by atoms with Gasteiger partial charge in [-0.2, -0.15) is 0 Å². The minimum Gasteiger partial charge on any atom is -0.208 e. The molecule has 3 nitrogen and oxygen atoms in total. The van der Waals surface area contributed by atoms with Crippen molar-refractivity contribution in [3.8, 4) is 0 Å². The summed E-state index contributed by atoms with van der Waals surface area (Å²) in [4.78, 5) is 0. The minimum atomic E-state index is -3.07. The lowest BCUT2D eigenvalue weighted by Gasteiger charge is -2.10. The van der Waals surface area contributed by atoms with Crippen molar-refractivity contribution >= 4 is 19.0 Å². The van der Waals surface area contributed by atoms with Crippen LogP contribution in [-0.4, -0.2) is 15.0 Å². The maximum atomic E-state index is 11.2. The van der Waals surface area contributed by atoms with E-state index >= 15 is 0 Å². The predicted molar refractivity (Wildman–Crippen MR) is 49.9 cm³/mol. The zero-order valence-corrected chi connectivity index (χ0v) is 7.90. The molecule has 0 amide bonds. The van der Waals surface area contributed by atoms with Gasteiger partial charge in [0.15, 0.2) is 0 Å². The summed E-state index contributed by atoms with van der Waals surface area (Å²) in [5, 5.41) is 3.43. The molecule has 0 fully saturated rings. The topological polar surface area (TPSA) is 46.2 Å². The smallest absolute Gasteiger partial charge is 0.208 e. The Hall–Kier alpha value is -0.260. The van der Waals surface area contributed by atoms with Crippen molar-refractivity contribution in [1.29, 1.82) is 0 Å². The second-order valence-electron chi connectivity index (χ2n) is 2.02. The SMILES string of the molecule is CCNS(=O)(=O)[SH]1C=CC=C1. The number of thiol groups is 1. The van der Waals surface area contributed by atoms with Crippen LogP contribution < -0.4 is 4.72 Å². The van der Waals surface area contributed by atoms with Crippen molar-refractivity contribution in [2.75, 3.05) is 6.54 Å². The van der Waals surface area contributed by atoms with E-state index in [1.165, 1.54) is 0 Å². The first-order chi connectivity index (χ1) is 5.17. The fourth-order valence-corrected chi connectivity index (χ4v) is 4.43. The summed E-state index contributed by atoms with van der Waals surface area (Å²) < 4.78 is 25.0. The molecular weight excluding hydrogens is 182 g/mol. The maximum Gasteiger partial charge on any atom is 0.251 e. The van der Waals surface area contributed by atoms with Crippen LogP contribution in [0, 0.1) is 0 Å². The molecule has 0 atom stereocenters. The molecule has 0 bridgehead atoms. The van der Waals surface area contributed by atoms with Gasteiger partial charge in [0.2, 0.25) is 0 Å². The largest absolute Gasteiger partial charge is 0.251 e. The molecule has 5 heteroatoms. The lowest BCUT2D eigenvalue weighted by Crippen LogP contribution is -2.21. The molecule has 1 rings (SSSR count). The molecule has 0 unspecified atom stereocenters. The third-order valence-electron chi connectivity index (χ3n) is 1.18. The molecule has 1 N–H and O–H groups in total. The summed E-state index contributed by atoms with van der Waals surface area (Å²) in [6.07, 6.45) is 3.53. The average Bonchev–Trinajstić information content (AvgIpc) is 2.37. The zero-order valence-electron chi connectivity index (χ0n) is 6.19. The highest BCUT2D eigenvalue weighted by Crippen LogP contribution is 2.38. The average molecular weight is 193 g/mol. The van der Waals surface area contributed by atoms with Crippen molar-refractivity contribution in [1.82, 2.24) is 4.72 Å². The zero-order chi connectivity index (χ0) is 8.32. The van der Waals surface area contributed by atoms with Gasteiger partial charge in [-0.15, -0.1) is 0 Å². The van der Waals surface area contributed by atoms with E-state index in [0.717, 1.165) is 0 Å². The van der Waals surface area contributed by atoms with E-state index in [-0.39, 0.29) is 0 Å². The van der Waals surface area contributed by atoms with Crippen LogP contribution in [0.25, 0.3) is 0 Å². The Morgan fingerprint density at radius 1 is 1.36 bits per heavy atom. The molecule has 0 spiro atoms. The van der Waals surface area contributed by atoms with Gasteiger partial charge in [0.1, 0.15) is 0 Å². The van der Waals surface area contributed by atoms with Gasteiger partial charge in [-0.25, -0.2) is 13.1 Å². The summed E-state index contributed by atoms with van der Waals surface area (Å²) in [5.41, 5.74) is 0. The van der Waals surface area contributed by atoms with Gasteiger partial charge in [-0.1, -0.05) is 29.0 Å². The molecule has 11 heavy (non-hydrogen) atoms. The first-order valence-corrected chi connectivity index (χ1v) is 6.87. The summed E-state index contributed by atoms with van der Waals surface area (Å²) >= 11 is 0. The summed E-state index contributed by atoms with van der Waals surface area (Å²) in [6, 6.07) is 0. The fraction of sp³-hybridized carbons (Fsp3) is 0.333. The molecule has 64 valence electrons. The van der Waals surface area contributed by atoms with Gasteiger partial charge in [-0.3, -0.25) is 0 Å². The lowest BCUT2D eigenvalue weighted by molar-refractivity contribution is 0.599. The Balaban J connectivity index is 2.73. The number of hydrogen-bond acceptors (Lipinski definition) is 2. The first-order valence-electron chi connectivity index (χ1n) is 3.30. The fourth-order valence-electron chi connectivity index (χ4n) is 0.736. The highest BCUT2D eigenvalue weighted by atomic mass is 33.2. The molecule has 0 aromatic carbocycles. The molecule has 0 aromatic rings. The molecule has 0 saturated heterocycles. The standard InChI is InChI=1S/C6H11NO2S2/c1-2-7-11(8,9)10-5-3-4-6-10/h3-7,10H,2H2,1H3. The summed E-state index contributed by atoms with van der Waals surface area (Å²) in [6.45, 7) is 2.24. The number of allylic oxidation sites excluding steroid dienone is 2. The molecule has 1 heterocycles. The lowest BCUT2D eigenvalue weighted by atomic mass is 10.6. The second-order valence-corrected chi connectivity index (χ2v) is 7.28. The van der Waals surface area contributed by atoms with E-state index in [2.05, 4.69) is 4.72 Å². The Bertz CT molecular complexity index is 267. The Morgan fingerprint density at radius 3 is 2.36 bits per heavy atom. The van der Waals surface area contributed by atoms with Crippen LogP contribution in [0.4, 0.5) is 0 Å². The Kier molecular flexibility index (Phi) is 2.75. The quantitative estimate of drug-likeness (QED) is 0.516. The van der Waals surface area contributed by atoms with Crippen LogP contribution in [-0.2, 0) is 9.06 Å². The summed E-state index contributed by atoms with van der Waals surface area (Å²) in [7, 11) is -4.16. The summed E-state index contributed by atoms with van der Waals surface area (Å²) in [5.74, 6) is 0. The Labute approximate surface area is 69.0 Å². The molecular formula is C6H11NO2S2. The molecule has 0 aliphatic carbocycles. The first kappa shape index (κ1) is 8.83. The van der Waals surface area contributed by atoms with Crippen LogP contribution in [0.15, 0.2) is 23.0 Å². The number of rotatable bonds is 3. The van der Waals surface area contributed by atoms with Gasteiger partial charge in [0, 0.05) is 6.54 Å². The van der Waals surface area contributed by atoms with Crippen LogP contribution in [0.5, 0.6) is 0 Å². The normalized spacial score (nSPS) is 19.5. The molecule has 0 saturated carbocycles. The van der Waals surface area contributed by atoms with Crippen LogP contribution in [0.1, 0.15) is 6.92 Å². The monoisotopic (exact) mass is 193 g/mol. The van der Waals surface area contributed by atoms with E-state index in [9.17, 15) is 8.42 Å². The highest BCUT2D eigenvalue weighted by molar-refractivity contribution is 8.82. The van der Waals surface area contributed by atoms with E-state index in [1.807, 2.05) is 0 Å². The number of nitrogens with one attached hydrogen (secondary N) is 1.